The Kier molecular flexibility index (Phi) is 8.15. The molecule has 4 aliphatic rings. The summed E-state index contributed by atoms with van der Waals surface area (Å²) < 4.78 is 73.7. The Morgan fingerprint density at radius 1 is 0.980 bits per heavy atom. The summed E-state index contributed by atoms with van der Waals surface area (Å²) >= 11 is 0. The number of rotatable bonds is 6. The number of pyridine rings is 1. The minimum absolute atomic E-state index is 0.0163. The van der Waals surface area contributed by atoms with Crippen molar-refractivity contribution in [1.82, 2.24) is 24.8 Å². The molecule has 6 heterocycles. The third-order valence-corrected chi connectivity index (χ3v) is 10.7. The predicted molar refractivity (Wildman–Crippen MR) is 182 cm³/mol. The summed E-state index contributed by atoms with van der Waals surface area (Å²) in [6.45, 7) is 8.76. The zero-order valence-corrected chi connectivity index (χ0v) is 28.8. The average molecular weight is 709 g/mol. The number of halogens is 4. The molecule has 4 saturated heterocycles. The van der Waals surface area contributed by atoms with Crippen LogP contribution in [0.2, 0.25) is 0 Å². The highest BCUT2D eigenvalue weighted by Gasteiger charge is 2.47. The van der Waals surface area contributed by atoms with Crippen molar-refractivity contribution in [3.63, 3.8) is 0 Å². The zero-order valence-electron chi connectivity index (χ0n) is 28.8. The van der Waals surface area contributed by atoms with E-state index in [1.54, 1.807) is 18.2 Å². The van der Waals surface area contributed by atoms with Crippen molar-refractivity contribution in [2.45, 2.75) is 88.9 Å². The normalized spacial score (nSPS) is 21.8. The second-order valence-electron chi connectivity index (χ2n) is 15.1. The molecule has 0 unspecified atom stereocenters. The van der Waals surface area contributed by atoms with Gasteiger partial charge in [0, 0.05) is 30.2 Å². The van der Waals surface area contributed by atoms with E-state index in [9.17, 15) is 18.0 Å². The third kappa shape index (κ3) is 6.25. The quantitative estimate of drug-likeness (QED) is 0.189. The second kappa shape index (κ2) is 12.3. The Labute approximate surface area is 292 Å². The molecule has 4 fully saturated rings. The van der Waals surface area contributed by atoms with Crippen molar-refractivity contribution >= 4 is 33.6 Å². The molecule has 14 heteroatoms. The molecular formula is C37H40F4N6O4. The van der Waals surface area contributed by atoms with Crippen molar-refractivity contribution < 1.29 is 36.6 Å². The number of fused-ring (bicyclic) bond motifs is 5. The lowest BCUT2D eigenvalue weighted by Crippen LogP contribution is -2.57. The lowest BCUT2D eigenvalue weighted by molar-refractivity contribution is -0.274. The highest BCUT2D eigenvalue weighted by atomic mass is 19.4. The third-order valence-electron chi connectivity index (χ3n) is 10.7. The Morgan fingerprint density at radius 2 is 1.67 bits per heavy atom. The van der Waals surface area contributed by atoms with Crippen molar-refractivity contribution in [2.75, 3.05) is 37.7 Å². The molecule has 0 N–H and O–H groups in total. The highest BCUT2D eigenvalue weighted by Crippen LogP contribution is 2.42. The average Bonchev–Trinajstić information content (AvgIpc) is 3.73. The molecule has 2 atom stereocenters. The maximum absolute atomic E-state index is 17.0. The molecule has 2 aromatic heterocycles. The number of benzene rings is 2. The second-order valence-corrected chi connectivity index (χ2v) is 15.1. The van der Waals surface area contributed by atoms with Crippen LogP contribution in [0.5, 0.6) is 11.8 Å². The Morgan fingerprint density at radius 3 is 2.33 bits per heavy atom. The van der Waals surface area contributed by atoms with Gasteiger partial charge in [0.2, 0.25) is 0 Å². The van der Waals surface area contributed by atoms with E-state index in [1.165, 1.54) is 24.4 Å². The maximum atomic E-state index is 17.0. The molecule has 8 rings (SSSR count). The number of hydrogen-bond acceptors (Lipinski definition) is 9. The number of amides is 1. The standard InChI is InChI=1S/C37H40F4N6O4/c1-35(2,3)51-34(48)47-23-12-13-24(47)20-45(19-23)32-26-18-42-30(25-10-4-8-22-9-5-11-27(28(22)25)50-37(39,40)41)29(38)31(26)43-33(44-32)49-21-36-14-6-16-46(36)17-7-15-36/h4-5,8-11,18,23-24H,6-7,12-17,19-21H2,1-3H3/t23-,24+. The van der Waals surface area contributed by atoms with E-state index in [-0.39, 0.29) is 51.9 Å². The van der Waals surface area contributed by atoms with E-state index in [0.29, 0.717) is 36.3 Å². The first-order chi connectivity index (χ1) is 24.3. The minimum atomic E-state index is -4.95. The van der Waals surface area contributed by atoms with Crippen LogP contribution in [0.4, 0.5) is 28.2 Å². The molecule has 270 valence electrons. The van der Waals surface area contributed by atoms with E-state index in [2.05, 4.69) is 19.6 Å². The molecular weight excluding hydrogens is 668 g/mol. The molecule has 10 nitrogen and oxygen atoms in total. The van der Waals surface area contributed by atoms with Crippen LogP contribution in [0.25, 0.3) is 32.9 Å². The molecule has 0 aliphatic carbocycles. The summed E-state index contributed by atoms with van der Waals surface area (Å²) in [5.41, 5.74) is -0.851. The number of anilines is 1. The smallest absolute Gasteiger partial charge is 0.461 e. The zero-order chi connectivity index (χ0) is 35.7. The van der Waals surface area contributed by atoms with Crippen LogP contribution in [0.3, 0.4) is 0 Å². The van der Waals surface area contributed by atoms with Gasteiger partial charge in [-0.2, -0.15) is 9.97 Å². The summed E-state index contributed by atoms with van der Waals surface area (Å²) in [7, 11) is 0. The van der Waals surface area contributed by atoms with Crippen LogP contribution in [0.15, 0.2) is 42.6 Å². The number of hydrogen-bond donors (Lipinski definition) is 0. The van der Waals surface area contributed by atoms with E-state index in [0.717, 1.165) is 51.6 Å². The molecule has 2 aromatic carbocycles. The van der Waals surface area contributed by atoms with Crippen molar-refractivity contribution in [3.05, 3.63) is 48.4 Å². The Bertz CT molecular complexity index is 1970. The van der Waals surface area contributed by atoms with E-state index in [1.807, 2.05) is 30.6 Å². The number of aromatic nitrogens is 3. The minimum Gasteiger partial charge on any atom is -0.461 e. The number of alkyl halides is 3. The Balaban J connectivity index is 1.21. The largest absolute Gasteiger partial charge is 0.573 e. The monoisotopic (exact) mass is 708 g/mol. The fourth-order valence-corrected chi connectivity index (χ4v) is 8.58. The molecule has 2 bridgehead atoms. The summed E-state index contributed by atoms with van der Waals surface area (Å²) in [5.74, 6) is -0.841. The summed E-state index contributed by atoms with van der Waals surface area (Å²) in [5, 5.41) is 0.839. The van der Waals surface area contributed by atoms with Gasteiger partial charge in [-0.1, -0.05) is 30.3 Å². The van der Waals surface area contributed by atoms with Gasteiger partial charge >= 0.3 is 18.5 Å². The lowest BCUT2D eigenvalue weighted by Gasteiger charge is -2.42. The molecule has 4 aliphatic heterocycles. The van der Waals surface area contributed by atoms with Crippen LogP contribution in [-0.2, 0) is 4.74 Å². The first kappa shape index (κ1) is 33.7. The number of carbonyl (C=O) groups excluding carboxylic acids is 1. The van der Waals surface area contributed by atoms with Gasteiger partial charge in [0.15, 0.2) is 5.82 Å². The number of nitrogens with zero attached hydrogens (tertiary/aromatic N) is 6. The van der Waals surface area contributed by atoms with Gasteiger partial charge in [-0.05, 0) is 83.8 Å². The van der Waals surface area contributed by atoms with Gasteiger partial charge < -0.3 is 19.1 Å². The number of piperazine rings is 1. The molecule has 4 aromatic rings. The van der Waals surface area contributed by atoms with Crippen LogP contribution in [0, 0.1) is 5.82 Å². The molecule has 0 radical (unpaired) electrons. The van der Waals surface area contributed by atoms with Gasteiger partial charge in [0.1, 0.15) is 35.0 Å². The van der Waals surface area contributed by atoms with Crippen molar-refractivity contribution in [3.8, 4) is 23.0 Å². The van der Waals surface area contributed by atoms with Gasteiger partial charge in [0.25, 0.3) is 0 Å². The van der Waals surface area contributed by atoms with E-state index >= 15 is 4.39 Å². The lowest BCUT2D eigenvalue weighted by atomic mass is 9.95. The van der Waals surface area contributed by atoms with E-state index in [4.69, 9.17) is 14.5 Å². The summed E-state index contributed by atoms with van der Waals surface area (Å²) in [6, 6.07) is 8.80. The highest BCUT2D eigenvalue weighted by molar-refractivity contribution is 6.02. The molecule has 1 amide bonds. The number of carbonyl (C=O) groups is 1. The maximum Gasteiger partial charge on any atom is 0.573 e. The van der Waals surface area contributed by atoms with Crippen LogP contribution in [0.1, 0.15) is 59.3 Å². The van der Waals surface area contributed by atoms with Crippen LogP contribution in [-0.4, -0.2) is 93.2 Å². The first-order valence-electron chi connectivity index (χ1n) is 17.6. The van der Waals surface area contributed by atoms with Crippen molar-refractivity contribution in [2.24, 2.45) is 0 Å². The van der Waals surface area contributed by atoms with Gasteiger partial charge in [0.05, 0.1) is 23.0 Å². The van der Waals surface area contributed by atoms with E-state index < -0.39 is 23.5 Å². The fourth-order valence-electron chi connectivity index (χ4n) is 8.58. The van der Waals surface area contributed by atoms with Gasteiger partial charge in [-0.3, -0.25) is 14.8 Å². The van der Waals surface area contributed by atoms with Crippen LogP contribution < -0.4 is 14.4 Å². The molecule has 51 heavy (non-hydrogen) atoms. The fraction of sp³-hybridized carbons (Fsp3) is 0.514. The summed E-state index contributed by atoms with van der Waals surface area (Å²) in [4.78, 5) is 33.4. The topological polar surface area (TPSA) is 93.2 Å². The first-order valence-corrected chi connectivity index (χ1v) is 17.6. The SMILES string of the molecule is CC(C)(C)OC(=O)N1[C@@H]2CC[C@H]1CN(c1nc(OCC34CCCN3CCC4)nc3c(F)c(-c4cccc5cccc(OC(F)(F)F)c45)ncc13)C2. The Hall–Kier alpha value is -4.46. The predicted octanol–water partition coefficient (Wildman–Crippen LogP) is 7.48. The molecule has 0 spiro atoms. The van der Waals surface area contributed by atoms with Gasteiger partial charge in [-0.15, -0.1) is 13.2 Å². The molecule has 0 saturated carbocycles. The number of ether oxygens (including phenoxy) is 3. The van der Waals surface area contributed by atoms with Crippen molar-refractivity contribution in [1.29, 1.82) is 0 Å². The summed E-state index contributed by atoms with van der Waals surface area (Å²) in [6.07, 6.45) is 1.87. The van der Waals surface area contributed by atoms with Gasteiger partial charge in [-0.25, -0.2) is 9.18 Å². The van der Waals surface area contributed by atoms with Crippen LogP contribution >= 0.6 is 0 Å².